The third-order valence-corrected chi connectivity index (χ3v) is 4.54. The molecule has 9 heteroatoms. The first-order valence-corrected chi connectivity index (χ1v) is 8.49. The summed E-state index contributed by atoms with van der Waals surface area (Å²) < 4.78 is 12.3. The molecule has 4 rings (SSSR count). The number of benzene rings is 1. The number of hydrogen-bond donors (Lipinski definition) is 2. The van der Waals surface area contributed by atoms with E-state index in [9.17, 15) is 4.79 Å². The van der Waals surface area contributed by atoms with Crippen molar-refractivity contribution in [2.45, 2.75) is 25.2 Å². The van der Waals surface area contributed by atoms with Crippen LogP contribution in [0, 0.1) is 0 Å². The molecule has 0 bridgehead atoms. The van der Waals surface area contributed by atoms with Gasteiger partial charge in [0.1, 0.15) is 0 Å². The van der Waals surface area contributed by atoms with E-state index in [1.54, 1.807) is 11.7 Å². The molecule has 1 fully saturated rings. The highest BCUT2D eigenvalue weighted by Crippen LogP contribution is 2.32. The lowest BCUT2D eigenvalue weighted by Crippen LogP contribution is -2.27. The highest BCUT2D eigenvalue weighted by molar-refractivity contribution is 5.90. The number of aromatic nitrogens is 3. The maximum absolute atomic E-state index is 12.3. The van der Waals surface area contributed by atoms with Crippen molar-refractivity contribution < 1.29 is 14.3 Å². The molecule has 140 valence electrons. The number of ether oxygens (including phenoxy) is 2. The van der Waals surface area contributed by atoms with E-state index in [1.807, 2.05) is 18.2 Å². The Morgan fingerprint density at radius 1 is 1.31 bits per heavy atom. The Kier molecular flexibility index (Phi) is 5.63. The summed E-state index contributed by atoms with van der Waals surface area (Å²) in [6, 6.07) is 5.52. The summed E-state index contributed by atoms with van der Waals surface area (Å²) in [6.45, 7) is 2.19. The van der Waals surface area contributed by atoms with Crippen LogP contribution in [0.4, 0.5) is 5.95 Å². The number of nitrogens with one attached hydrogen (secondary N) is 2. The van der Waals surface area contributed by atoms with E-state index in [2.05, 4.69) is 20.7 Å². The van der Waals surface area contributed by atoms with Crippen molar-refractivity contribution in [1.82, 2.24) is 20.1 Å². The third kappa shape index (κ3) is 3.91. The Balaban J connectivity index is 0.00000196. The molecular weight excluding hydrogens is 358 g/mol. The smallest absolute Gasteiger partial charge is 0.231 e. The molecule has 0 spiro atoms. The van der Waals surface area contributed by atoms with Crippen molar-refractivity contribution >= 4 is 24.3 Å². The summed E-state index contributed by atoms with van der Waals surface area (Å²) in [6.07, 6.45) is 2.29. The lowest BCUT2D eigenvalue weighted by Gasteiger charge is -2.19. The van der Waals surface area contributed by atoms with Crippen molar-refractivity contribution in [2.24, 2.45) is 7.05 Å². The second-order valence-corrected chi connectivity index (χ2v) is 6.35. The van der Waals surface area contributed by atoms with Gasteiger partial charge in [-0.2, -0.15) is 10.1 Å². The normalized spacial score (nSPS) is 16.2. The van der Waals surface area contributed by atoms with Gasteiger partial charge >= 0.3 is 0 Å². The SMILES string of the molecule is Cl.Cn1nc(C2CCNCC2)nc1NC(=O)Cc1ccc2c(c1)OCO2. The van der Waals surface area contributed by atoms with Gasteiger partial charge in [-0.25, -0.2) is 4.68 Å². The van der Waals surface area contributed by atoms with Gasteiger partial charge in [0.05, 0.1) is 6.42 Å². The van der Waals surface area contributed by atoms with E-state index in [-0.39, 0.29) is 31.5 Å². The fourth-order valence-corrected chi connectivity index (χ4v) is 3.17. The zero-order chi connectivity index (χ0) is 17.2. The van der Waals surface area contributed by atoms with Gasteiger partial charge in [0.15, 0.2) is 17.3 Å². The predicted octanol–water partition coefficient (Wildman–Crippen LogP) is 1.61. The Hall–Kier alpha value is -2.32. The van der Waals surface area contributed by atoms with Gasteiger partial charge in [0.25, 0.3) is 0 Å². The Bertz CT molecular complexity index is 789. The molecule has 1 saturated heterocycles. The number of carbonyl (C=O) groups is 1. The van der Waals surface area contributed by atoms with E-state index in [0.29, 0.717) is 23.4 Å². The van der Waals surface area contributed by atoms with Crippen LogP contribution in [0.15, 0.2) is 18.2 Å². The maximum Gasteiger partial charge on any atom is 0.231 e. The molecule has 2 N–H and O–H groups in total. The van der Waals surface area contributed by atoms with Crippen molar-refractivity contribution in [2.75, 3.05) is 25.2 Å². The highest BCUT2D eigenvalue weighted by Gasteiger charge is 2.21. The summed E-state index contributed by atoms with van der Waals surface area (Å²) >= 11 is 0. The van der Waals surface area contributed by atoms with E-state index in [4.69, 9.17) is 9.47 Å². The van der Waals surface area contributed by atoms with Gasteiger partial charge in [-0.15, -0.1) is 12.4 Å². The van der Waals surface area contributed by atoms with Crippen LogP contribution in [-0.2, 0) is 18.3 Å². The molecule has 0 saturated carbocycles. The average molecular weight is 380 g/mol. The monoisotopic (exact) mass is 379 g/mol. The minimum atomic E-state index is -0.133. The number of halogens is 1. The van der Waals surface area contributed by atoms with Crippen LogP contribution in [0.2, 0.25) is 0 Å². The van der Waals surface area contributed by atoms with Crippen LogP contribution in [-0.4, -0.2) is 40.6 Å². The van der Waals surface area contributed by atoms with Crippen molar-refractivity contribution in [3.05, 3.63) is 29.6 Å². The second-order valence-electron chi connectivity index (χ2n) is 6.35. The molecular formula is C17H22ClN5O3. The first-order chi connectivity index (χ1) is 12.2. The summed E-state index contributed by atoms with van der Waals surface area (Å²) in [5, 5.41) is 10.6. The lowest BCUT2D eigenvalue weighted by molar-refractivity contribution is -0.115. The van der Waals surface area contributed by atoms with Crippen LogP contribution >= 0.6 is 12.4 Å². The van der Waals surface area contributed by atoms with E-state index >= 15 is 0 Å². The number of carbonyl (C=O) groups excluding carboxylic acids is 1. The van der Waals surface area contributed by atoms with Crippen LogP contribution in [0.1, 0.15) is 30.1 Å². The molecule has 3 heterocycles. The van der Waals surface area contributed by atoms with Crippen LogP contribution in [0.3, 0.4) is 0 Å². The fraction of sp³-hybridized carbons (Fsp3) is 0.471. The zero-order valence-corrected chi connectivity index (χ0v) is 15.3. The fourth-order valence-electron chi connectivity index (χ4n) is 3.17. The van der Waals surface area contributed by atoms with Gasteiger partial charge in [-0.3, -0.25) is 10.1 Å². The van der Waals surface area contributed by atoms with Crippen LogP contribution < -0.4 is 20.1 Å². The molecule has 2 aliphatic heterocycles. The Labute approximate surface area is 157 Å². The Morgan fingerprint density at radius 3 is 2.88 bits per heavy atom. The van der Waals surface area contributed by atoms with Gasteiger partial charge in [-0.1, -0.05) is 6.07 Å². The minimum Gasteiger partial charge on any atom is -0.454 e. The number of anilines is 1. The van der Waals surface area contributed by atoms with Crippen molar-refractivity contribution in [1.29, 1.82) is 0 Å². The number of piperidine rings is 1. The summed E-state index contributed by atoms with van der Waals surface area (Å²) in [5.41, 5.74) is 0.863. The maximum atomic E-state index is 12.3. The number of amides is 1. The molecule has 2 aromatic rings. The van der Waals surface area contributed by atoms with Crippen molar-refractivity contribution in [3.63, 3.8) is 0 Å². The van der Waals surface area contributed by atoms with Gasteiger partial charge in [-0.05, 0) is 43.6 Å². The molecule has 0 unspecified atom stereocenters. The molecule has 1 aromatic heterocycles. The third-order valence-electron chi connectivity index (χ3n) is 4.54. The number of fused-ring (bicyclic) bond motifs is 1. The largest absolute Gasteiger partial charge is 0.454 e. The molecule has 1 amide bonds. The topological polar surface area (TPSA) is 90.3 Å². The average Bonchev–Trinajstić information content (AvgIpc) is 3.22. The Morgan fingerprint density at radius 2 is 2.08 bits per heavy atom. The summed E-state index contributed by atoms with van der Waals surface area (Å²) in [7, 11) is 1.80. The number of rotatable bonds is 4. The number of aryl methyl sites for hydroxylation is 1. The van der Waals surface area contributed by atoms with E-state index in [0.717, 1.165) is 37.3 Å². The lowest BCUT2D eigenvalue weighted by atomic mass is 9.98. The van der Waals surface area contributed by atoms with Gasteiger partial charge in [0.2, 0.25) is 18.6 Å². The quantitative estimate of drug-likeness (QED) is 0.838. The molecule has 2 aliphatic rings. The zero-order valence-electron chi connectivity index (χ0n) is 14.5. The molecule has 8 nitrogen and oxygen atoms in total. The first-order valence-electron chi connectivity index (χ1n) is 8.49. The molecule has 26 heavy (non-hydrogen) atoms. The molecule has 0 atom stereocenters. The van der Waals surface area contributed by atoms with Crippen LogP contribution in [0.5, 0.6) is 11.5 Å². The van der Waals surface area contributed by atoms with Crippen molar-refractivity contribution in [3.8, 4) is 11.5 Å². The first kappa shape index (κ1) is 18.5. The predicted molar refractivity (Wildman–Crippen MR) is 98.0 cm³/mol. The van der Waals surface area contributed by atoms with Gasteiger partial charge in [0, 0.05) is 13.0 Å². The van der Waals surface area contributed by atoms with Gasteiger partial charge < -0.3 is 14.8 Å². The van der Waals surface area contributed by atoms with E-state index < -0.39 is 0 Å². The minimum absolute atomic E-state index is 0. The summed E-state index contributed by atoms with van der Waals surface area (Å²) in [5.74, 6) is 2.90. The molecule has 0 radical (unpaired) electrons. The number of nitrogens with zero attached hydrogens (tertiary/aromatic N) is 3. The molecule has 0 aliphatic carbocycles. The summed E-state index contributed by atoms with van der Waals surface area (Å²) in [4.78, 5) is 16.9. The van der Waals surface area contributed by atoms with Crippen LogP contribution in [0.25, 0.3) is 0 Å². The second kappa shape index (κ2) is 7.92. The molecule has 1 aromatic carbocycles. The standard InChI is InChI=1S/C17H21N5O3.ClH/c1-22-17(20-16(21-22)12-4-6-18-7-5-12)19-15(23)9-11-2-3-13-14(8-11)25-10-24-13;/h2-3,8,12,18H,4-7,9-10H2,1H3,(H,19,20,21,23);1H. The highest BCUT2D eigenvalue weighted by atomic mass is 35.5. The van der Waals surface area contributed by atoms with E-state index in [1.165, 1.54) is 0 Å². The number of hydrogen-bond acceptors (Lipinski definition) is 6.